The van der Waals surface area contributed by atoms with Crippen molar-refractivity contribution in [2.75, 3.05) is 6.79 Å². The Labute approximate surface area is 93.1 Å². The maximum Gasteiger partial charge on any atom is 0.314 e. The molecule has 0 fully saturated rings. The lowest BCUT2D eigenvalue weighted by atomic mass is 9.98. The molecule has 1 atom stereocenters. The van der Waals surface area contributed by atoms with E-state index < -0.39 is 11.9 Å². The first kappa shape index (κ1) is 10.5. The Kier molecular flexibility index (Phi) is 3.10. The van der Waals surface area contributed by atoms with Crippen LogP contribution < -0.4 is 0 Å². The molecule has 2 rings (SSSR count). The normalized spacial score (nSPS) is 15.9. The molecule has 1 aromatic rings. The zero-order valence-corrected chi connectivity index (χ0v) is 8.63. The van der Waals surface area contributed by atoms with Gasteiger partial charge in [-0.1, -0.05) is 30.3 Å². The van der Waals surface area contributed by atoms with Gasteiger partial charge in [0, 0.05) is 0 Å². The Morgan fingerprint density at radius 2 is 2.12 bits per heavy atom. The molecule has 0 saturated heterocycles. The van der Waals surface area contributed by atoms with Crippen molar-refractivity contribution in [2.24, 2.45) is 5.92 Å². The van der Waals surface area contributed by atoms with Gasteiger partial charge in [-0.15, -0.1) is 0 Å². The van der Waals surface area contributed by atoms with E-state index in [1.807, 2.05) is 30.3 Å². The van der Waals surface area contributed by atoms with E-state index in [-0.39, 0.29) is 6.79 Å². The van der Waals surface area contributed by atoms with Gasteiger partial charge < -0.3 is 14.6 Å². The van der Waals surface area contributed by atoms with Crippen LogP contribution in [0.1, 0.15) is 5.56 Å². The fourth-order valence-electron chi connectivity index (χ4n) is 1.59. The predicted molar refractivity (Wildman–Crippen MR) is 56.4 cm³/mol. The van der Waals surface area contributed by atoms with E-state index in [9.17, 15) is 4.79 Å². The molecule has 4 nitrogen and oxygen atoms in total. The van der Waals surface area contributed by atoms with E-state index in [1.165, 1.54) is 6.26 Å². The van der Waals surface area contributed by atoms with E-state index in [1.54, 1.807) is 0 Å². The molecule has 1 aliphatic heterocycles. The molecule has 0 aromatic heterocycles. The summed E-state index contributed by atoms with van der Waals surface area (Å²) in [4.78, 5) is 11.1. The molecule has 0 saturated carbocycles. The van der Waals surface area contributed by atoms with Crippen LogP contribution >= 0.6 is 0 Å². The van der Waals surface area contributed by atoms with Gasteiger partial charge >= 0.3 is 5.97 Å². The molecular weight excluding hydrogens is 208 g/mol. The van der Waals surface area contributed by atoms with Gasteiger partial charge in [0.2, 0.25) is 6.79 Å². The second-order valence-corrected chi connectivity index (χ2v) is 3.53. The highest BCUT2D eigenvalue weighted by Crippen LogP contribution is 2.22. The standard InChI is InChI=1S/C12H12O4/c13-12(14)10(11-7-15-8-16-11)6-9-4-2-1-3-5-9/h1-5,7,10H,6,8H2,(H,13,14). The number of carboxylic acids is 1. The molecule has 1 aliphatic rings. The van der Waals surface area contributed by atoms with E-state index in [4.69, 9.17) is 14.6 Å². The highest BCUT2D eigenvalue weighted by molar-refractivity contribution is 5.73. The number of rotatable bonds is 4. The zero-order valence-electron chi connectivity index (χ0n) is 8.63. The van der Waals surface area contributed by atoms with Crippen molar-refractivity contribution in [1.29, 1.82) is 0 Å². The Morgan fingerprint density at radius 1 is 1.38 bits per heavy atom. The topological polar surface area (TPSA) is 55.8 Å². The quantitative estimate of drug-likeness (QED) is 0.840. The lowest BCUT2D eigenvalue weighted by Gasteiger charge is -2.11. The predicted octanol–water partition coefficient (Wildman–Crippen LogP) is 1.78. The lowest BCUT2D eigenvalue weighted by Crippen LogP contribution is -2.19. The molecular formula is C12H12O4. The summed E-state index contributed by atoms with van der Waals surface area (Å²) in [5.41, 5.74) is 0.964. The molecule has 0 aliphatic carbocycles. The van der Waals surface area contributed by atoms with Crippen LogP contribution in [0.25, 0.3) is 0 Å². The third-order valence-electron chi connectivity index (χ3n) is 2.42. The van der Waals surface area contributed by atoms with Crippen LogP contribution in [0.2, 0.25) is 0 Å². The average Bonchev–Trinajstić information content (AvgIpc) is 2.80. The minimum absolute atomic E-state index is 0.105. The zero-order chi connectivity index (χ0) is 11.4. The van der Waals surface area contributed by atoms with E-state index in [0.717, 1.165) is 5.56 Å². The first-order valence-electron chi connectivity index (χ1n) is 4.98. The van der Waals surface area contributed by atoms with Crippen molar-refractivity contribution in [3.05, 3.63) is 47.9 Å². The fraction of sp³-hybridized carbons (Fsp3) is 0.250. The lowest BCUT2D eigenvalue weighted by molar-refractivity contribution is -0.141. The Bertz CT molecular complexity index is 397. The Hall–Kier alpha value is -1.97. The summed E-state index contributed by atoms with van der Waals surface area (Å²) in [7, 11) is 0. The summed E-state index contributed by atoms with van der Waals surface area (Å²) < 4.78 is 9.98. The summed E-state index contributed by atoms with van der Waals surface area (Å²) in [5, 5.41) is 9.12. The van der Waals surface area contributed by atoms with Crippen molar-refractivity contribution in [1.82, 2.24) is 0 Å². The monoisotopic (exact) mass is 220 g/mol. The number of ether oxygens (including phenoxy) is 2. The third-order valence-corrected chi connectivity index (χ3v) is 2.42. The molecule has 1 aromatic carbocycles. The number of hydrogen-bond acceptors (Lipinski definition) is 3. The van der Waals surface area contributed by atoms with E-state index in [0.29, 0.717) is 12.2 Å². The summed E-state index contributed by atoms with van der Waals surface area (Å²) in [5.74, 6) is -1.19. The van der Waals surface area contributed by atoms with Crippen LogP contribution in [0.5, 0.6) is 0 Å². The van der Waals surface area contributed by atoms with Gasteiger partial charge in [0.25, 0.3) is 0 Å². The molecule has 4 heteroatoms. The number of benzene rings is 1. The van der Waals surface area contributed by atoms with Gasteiger partial charge in [0.1, 0.15) is 17.9 Å². The molecule has 0 spiro atoms. The van der Waals surface area contributed by atoms with Crippen LogP contribution in [0.15, 0.2) is 42.4 Å². The first-order valence-corrected chi connectivity index (χ1v) is 4.98. The number of aliphatic carboxylic acids is 1. The average molecular weight is 220 g/mol. The van der Waals surface area contributed by atoms with Gasteiger partial charge in [-0.25, -0.2) is 0 Å². The highest BCUT2D eigenvalue weighted by atomic mass is 16.7. The van der Waals surface area contributed by atoms with Crippen molar-refractivity contribution in [2.45, 2.75) is 6.42 Å². The Balaban J connectivity index is 2.12. The number of carbonyl (C=O) groups is 1. The van der Waals surface area contributed by atoms with E-state index >= 15 is 0 Å². The SMILES string of the molecule is O=C(O)C(Cc1ccccc1)C1=COCO1. The first-order chi connectivity index (χ1) is 7.77. The summed E-state index contributed by atoms with van der Waals surface area (Å²) in [6, 6.07) is 9.45. The highest BCUT2D eigenvalue weighted by Gasteiger charge is 2.27. The van der Waals surface area contributed by atoms with Gasteiger partial charge in [-0.3, -0.25) is 4.79 Å². The summed E-state index contributed by atoms with van der Waals surface area (Å²) in [6.07, 6.45) is 1.78. The van der Waals surface area contributed by atoms with Crippen molar-refractivity contribution in [3.8, 4) is 0 Å². The molecule has 84 valence electrons. The number of hydrogen-bond donors (Lipinski definition) is 1. The van der Waals surface area contributed by atoms with Gasteiger partial charge in [-0.05, 0) is 12.0 Å². The maximum atomic E-state index is 11.1. The van der Waals surface area contributed by atoms with Gasteiger partial charge in [0.15, 0.2) is 0 Å². The smallest absolute Gasteiger partial charge is 0.314 e. The van der Waals surface area contributed by atoms with Crippen molar-refractivity contribution >= 4 is 5.97 Å². The van der Waals surface area contributed by atoms with Crippen LogP contribution in [0.4, 0.5) is 0 Å². The molecule has 1 heterocycles. The second kappa shape index (κ2) is 4.70. The van der Waals surface area contributed by atoms with E-state index in [2.05, 4.69) is 0 Å². The molecule has 0 bridgehead atoms. The van der Waals surface area contributed by atoms with Gasteiger partial charge in [0.05, 0.1) is 0 Å². The van der Waals surface area contributed by atoms with Crippen LogP contribution in [0.3, 0.4) is 0 Å². The minimum atomic E-state index is -0.902. The summed E-state index contributed by atoms with van der Waals surface area (Å²) in [6.45, 7) is 0.105. The fourth-order valence-corrected chi connectivity index (χ4v) is 1.59. The van der Waals surface area contributed by atoms with Crippen LogP contribution in [-0.4, -0.2) is 17.9 Å². The van der Waals surface area contributed by atoms with Crippen molar-refractivity contribution in [3.63, 3.8) is 0 Å². The molecule has 0 amide bonds. The molecule has 0 radical (unpaired) electrons. The second-order valence-electron chi connectivity index (χ2n) is 3.53. The van der Waals surface area contributed by atoms with Crippen molar-refractivity contribution < 1.29 is 19.4 Å². The van der Waals surface area contributed by atoms with Crippen LogP contribution in [-0.2, 0) is 20.7 Å². The van der Waals surface area contributed by atoms with Gasteiger partial charge in [-0.2, -0.15) is 0 Å². The largest absolute Gasteiger partial charge is 0.481 e. The number of carboxylic acid groups (broad SMARTS) is 1. The Morgan fingerprint density at radius 3 is 2.69 bits per heavy atom. The maximum absolute atomic E-state index is 11.1. The molecule has 16 heavy (non-hydrogen) atoms. The third kappa shape index (κ3) is 2.34. The minimum Gasteiger partial charge on any atom is -0.481 e. The molecule has 1 unspecified atom stereocenters. The van der Waals surface area contributed by atoms with Crippen LogP contribution in [0, 0.1) is 5.92 Å². The molecule has 1 N–H and O–H groups in total. The summed E-state index contributed by atoms with van der Waals surface area (Å²) >= 11 is 0.